The van der Waals surface area contributed by atoms with Gasteiger partial charge in [0.1, 0.15) is 18.1 Å². The highest BCUT2D eigenvalue weighted by atomic mass is 127. The Kier molecular flexibility index (Phi) is 6.27. The van der Waals surface area contributed by atoms with E-state index in [0.29, 0.717) is 18.8 Å². The van der Waals surface area contributed by atoms with Crippen LogP contribution in [0.1, 0.15) is 25.7 Å². The summed E-state index contributed by atoms with van der Waals surface area (Å²) in [7, 11) is -1.11. The number of carboxylic acid groups (broad SMARTS) is 1. The van der Waals surface area contributed by atoms with Crippen LogP contribution in [0.2, 0.25) is 25.7 Å². The van der Waals surface area contributed by atoms with Crippen LogP contribution in [0.5, 0.6) is 0 Å². The molecule has 30 heavy (non-hydrogen) atoms. The van der Waals surface area contributed by atoms with Crippen LogP contribution in [0.3, 0.4) is 0 Å². The van der Waals surface area contributed by atoms with E-state index in [9.17, 15) is 4.79 Å². The van der Waals surface area contributed by atoms with E-state index in [4.69, 9.17) is 19.8 Å². The molecule has 10 heteroatoms. The summed E-state index contributed by atoms with van der Waals surface area (Å²) < 4.78 is 9.08. The van der Waals surface area contributed by atoms with Gasteiger partial charge in [-0.15, -0.1) is 0 Å². The Balaban J connectivity index is 1.51. The zero-order valence-corrected chi connectivity index (χ0v) is 20.9. The van der Waals surface area contributed by atoms with E-state index < -0.39 is 14.2 Å². The number of hydrogen-bond donors (Lipinski definition) is 2. The van der Waals surface area contributed by atoms with Gasteiger partial charge in [-0.25, -0.2) is 14.8 Å². The van der Waals surface area contributed by atoms with E-state index in [1.807, 2.05) is 6.20 Å². The summed E-state index contributed by atoms with van der Waals surface area (Å²) in [5.41, 5.74) is 1.76. The Bertz CT molecular complexity index is 917. The molecule has 2 bridgehead atoms. The van der Waals surface area contributed by atoms with E-state index in [1.54, 1.807) is 0 Å². The largest absolute Gasteiger partial charge is 0.465 e. The number of nitrogens with zero attached hydrogens (tertiary/aromatic N) is 4. The predicted octanol–water partition coefficient (Wildman–Crippen LogP) is 4.12. The minimum atomic E-state index is -1.11. The first-order chi connectivity index (χ1) is 14.2. The molecular weight excluding hydrogens is 513 g/mol. The number of amides is 1. The summed E-state index contributed by atoms with van der Waals surface area (Å²) in [6.07, 6.45) is 6.77. The van der Waals surface area contributed by atoms with Crippen molar-refractivity contribution < 1.29 is 14.6 Å². The monoisotopic (exact) mass is 543 g/mol. The molecule has 4 heterocycles. The molecule has 0 aliphatic carbocycles. The second-order valence-corrected chi connectivity index (χ2v) is 16.4. The Morgan fingerprint density at radius 3 is 2.67 bits per heavy atom. The topological polar surface area (TPSA) is 92.5 Å². The Morgan fingerprint density at radius 2 is 2.03 bits per heavy atom. The molecule has 0 saturated carbocycles. The number of carbonyl (C=O) groups is 1. The van der Waals surface area contributed by atoms with Crippen molar-refractivity contribution in [2.24, 2.45) is 0 Å². The number of nitrogens with one attached hydrogen (secondary N) is 1. The molecule has 2 unspecified atom stereocenters. The van der Waals surface area contributed by atoms with Crippen LogP contribution in [-0.4, -0.2) is 58.5 Å². The van der Waals surface area contributed by atoms with Gasteiger partial charge in [-0.1, -0.05) is 19.6 Å². The average molecular weight is 543 g/mol. The number of hydrogen-bond acceptors (Lipinski definition) is 5. The fraction of sp³-hybridized carbons (Fsp3) is 0.650. The molecule has 2 N–H and O–H groups in total. The van der Waals surface area contributed by atoms with Crippen LogP contribution in [0.15, 0.2) is 12.4 Å². The molecule has 0 spiro atoms. The first-order valence-electron chi connectivity index (χ1n) is 10.6. The average Bonchev–Trinajstić information content (AvgIpc) is 3.11. The summed E-state index contributed by atoms with van der Waals surface area (Å²) >= 11 is 2.30. The van der Waals surface area contributed by atoms with Gasteiger partial charge in [0.05, 0.1) is 9.77 Å². The summed E-state index contributed by atoms with van der Waals surface area (Å²) in [6.45, 7) is 8.32. The second-order valence-electron chi connectivity index (χ2n) is 9.61. The number of anilines is 1. The van der Waals surface area contributed by atoms with Crippen molar-refractivity contribution in [1.82, 2.24) is 19.9 Å². The molecule has 2 saturated heterocycles. The van der Waals surface area contributed by atoms with E-state index in [0.717, 1.165) is 58.9 Å². The highest BCUT2D eigenvalue weighted by molar-refractivity contribution is 14.1. The Labute approximate surface area is 191 Å². The Morgan fingerprint density at radius 1 is 1.33 bits per heavy atom. The molecule has 2 aromatic heterocycles. The van der Waals surface area contributed by atoms with E-state index in [-0.39, 0.29) is 6.04 Å². The summed E-state index contributed by atoms with van der Waals surface area (Å²) in [5.74, 6) is 0.890. The van der Waals surface area contributed by atoms with Gasteiger partial charge in [0, 0.05) is 39.0 Å². The normalized spacial score (nSPS) is 23.9. The van der Waals surface area contributed by atoms with Gasteiger partial charge in [0.15, 0.2) is 5.65 Å². The third-order valence-corrected chi connectivity index (χ3v) is 8.55. The van der Waals surface area contributed by atoms with Gasteiger partial charge < -0.3 is 24.6 Å². The predicted molar refractivity (Wildman–Crippen MR) is 128 cm³/mol. The zero-order valence-electron chi connectivity index (χ0n) is 17.8. The van der Waals surface area contributed by atoms with Crippen LogP contribution in [0.25, 0.3) is 11.2 Å². The quantitative estimate of drug-likeness (QED) is 0.310. The van der Waals surface area contributed by atoms with Crippen molar-refractivity contribution in [3.05, 3.63) is 16.0 Å². The minimum Gasteiger partial charge on any atom is -0.465 e. The third kappa shape index (κ3) is 4.75. The van der Waals surface area contributed by atoms with Crippen molar-refractivity contribution in [3.63, 3.8) is 0 Å². The van der Waals surface area contributed by atoms with Crippen molar-refractivity contribution in [3.8, 4) is 0 Å². The third-order valence-electron chi connectivity index (χ3n) is 6.06. The summed E-state index contributed by atoms with van der Waals surface area (Å²) in [5, 5.41) is 11.7. The number of ether oxygens (including phenoxy) is 1. The molecular formula is C20H30IN5O3Si. The van der Waals surface area contributed by atoms with Crippen LogP contribution in [0.4, 0.5) is 10.6 Å². The van der Waals surface area contributed by atoms with E-state index in [2.05, 4.69) is 63.2 Å². The van der Waals surface area contributed by atoms with Gasteiger partial charge in [-0.3, -0.25) is 0 Å². The van der Waals surface area contributed by atoms with Gasteiger partial charge in [0.2, 0.25) is 0 Å². The zero-order chi connectivity index (χ0) is 21.5. The molecule has 2 aliphatic rings. The second kappa shape index (κ2) is 8.62. The van der Waals surface area contributed by atoms with Crippen molar-refractivity contribution in [2.75, 3.05) is 11.5 Å². The number of piperidine rings is 1. The van der Waals surface area contributed by atoms with Gasteiger partial charge >= 0.3 is 6.09 Å². The summed E-state index contributed by atoms with van der Waals surface area (Å²) in [6, 6.07) is 1.78. The highest BCUT2D eigenvalue weighted by Gasteiger charge is 2.42. The molecule has 2 atom stereocenters. The van der Waals surface area contributed by atoms with Crippen molar-refractivity contribution in [2.45, 2.75) is 76.2 Å². The summed E-state index contributed by atoms with van der Waals surface area (Å²) in [4.78, 5) is 23.1. The van der Waals surface area contributed by atoms with Crippen LogP contribution in [0, 0.1) is 3.57 Å². The molecule has 2 aromatic rings. The number of halogens is 1. The Hall–Kier alpha value is -1.40. The van der Waals surface area contributed by atoms with Crippen LogP contribution < -0.4 is 10.2 Å². The van der Waals surface area contributed by atoms with Gasteiger partial charge in [-0.05, 0) is 54.3 Å². The van der Waals surface area contributed by atoms with Crippen molar-refractivity contribution in [1.29, 1.82) is 0 Å². The SMILES string of the molecule is C[Si](C)(C)CCOCn1cc(I)c2ncc(N3C4CCC3CC(NC(=O)O)C4)nc21. The first kappa shape index (κ1) is 21.8. The maximum absolute atomic E-state index is 11.0. The lowest BCUT2D eigenvalue weighted by Gasteiger charge is -2.39. The fourth-order valence-corrected chi connectivity index (χ4v) is 6.08. The number of fused-ring (bicyclic) bond motifs is 3. The molecule has 1 amide bonds. The van der Waals surface area contributed by atoms with E-state index in [1.165, 1.54) is 0 Å². The van der Waals surface area contributed by atoms with Crippen LogP contribution >= 0.6 is 22.6 Å². The first-order valence-corrected chi connectivity index (χ1v) is 15.4. The highest BCUT2D eigenvalue weighted by Crippen LogP contribution is 2.39. The standard InChI is InChI=1S/C20H30IN5O3Si/c1-30(2,3)7-6-29-12-25-11-16(21)18-19(25)24-17(10-22-18)26-14-4-5-15(26)9-13(8-14)23-20(27)28/h10-11,13-15,23H,4-9,12H2,1-3H3,(H,27,28). The molecule has 2 fully saturated rings. The lowest BCUT2D eigenvalue weighted by Crippen LogP contribution is -2.50. The maximum Gasteiger partial charge on any atom is 0.404 e. The number of rotatable bonds is 7. The smallest absolute Gasteiger partial charge is 0.404 e. The molecule has 2 aliphatic heterocycles. The molecule has 4 rings (SSSR count). The lowest BCUT2D eigenvalue weighted by atomic mass is 9.97. The molecule has 164 valence electrons. The van der Waals surface area contributed by atoms with E-state index >= 15 is 0 Å². The molecule has 8 nitrogen and oxygen atoms in total. The number of aromatic nitrogens is 3. The molecule has 0 aromatic carbocycles. The van der Waals surface area contributed by atoms with Crippen molar-refractivity contribution >= 4 is 53.7 Å². The minimum absolute atomic E-state index is 0.0255. The molecule has 0 radical (unpaired) electrons. The van der Waals surface area contributed by atoms with Gasteiger partial charge in [0.25, 0.3) is 0 Å². The fourth-order valence-electron chi connectivity index (χ4n) is 4.61. The van der Waals surface area contributed by atoms with Crippen LogP contribution in [-0.2, 0) is 11.5 Å². The van der Waals surface area contributed by atoms with Gasteiger partial charge in [-0.2, -0.15) is 0 Å². The maximum atomic E-state index is 11.0. The lowest BCUT2D eigenvalue weighted by molar-refractivity contribution is 0.0898.